The second-order valence-corrected chi connectivity index (χ2v) is 8.74. The molecular formula is C28H15F11O3. The fourth-order valence-electron chi connectivity index (χ4n) is 3.68. The zero-order valence-corrected chi connectivity index (χ0v) is 20.9. The smallest absolute Gasteiger partial charge is 0.433 e. The summed E-state index contributed by atoms with van der Waals surface area (Å²) in [4.78, 5) is 0. The highest BCUT2D eigenvalue weighted by molar-refractivity contribution is 5.65. The molecule has 0 unspecified atom stereocenters. The first kappa shape index (κ1) is 30.5. The molecule has 0 spiro atoms. The van der Waals surface area contributed by atoms with E-state index in [0.29, 0.717) is 29.8 Å². The zero-order valence-electron chi connectivity index (χ0n) is 20.9. The molecule has 3 nitrogen and oxygen atoms in total. The van der Waals surface area contributed by atoms with Gasteiger partial charge in [0.05, 0.1) is 0 Å². The molecule has 0 aliphatic carbocycles. The highest BCUT2D eigenvalue weighted by Gasteiger charge is 2.41. The molecule has 4 aromatic rings. The number of rotatable bonds is 9. The summed E-state index contributed by atoms with van der Waals surface area (Å²) >= 11 is 0. The van der Waals surface area contributed by atoms with Gasteiger partial charge in [-0.05, 0) is 48.4 Å². The van der Waals surface area contributed by atoms with Crippen LogP contribution in [-0.2, 0) is 6.11 Å². The van der Waals surface area contributed by atoms with Crippen molar-refractivity contribution in [2.75, 3.05) is 6.61 Å². The molecule has 4 aromatic carbocycles. The van der Waals surface area contributed by atoms with Gasteiger partial charge in [0.2, 0.25) is 0 Å². The highest BCUT2D eigenvalue weighted by atomic mass is 19.3. The van der Waals surface area contributed by atoms with Gasteiger partial charge in [-0.15, -0.1) is 0 Å². The van der Waals surface area contributed by atoms with Crippen LogP contribution in [0.15, 0.2) is 60.7 Å². The second-order valence-electron chi connectivity index (χ2n) is 8.74. The molecule has 0 saturated carbocycles. The van der Waals surface area contributed by atoms with Gasteiger partial charge in [-0.1, -0.05) is 12.1 Å². The van der Waals surface area contributed by atoms with Crippen molar-refractivity contribution in [3.8, 4) is 28.4 Å². The van der Waals surface area contributed by atoms with Crippen LogP contribution in [0.5, 0.6) is 17.2 Å². The number of benzene rings is 4. The monoisotopic (exact) mass is 608 g/mol. The van der Waals surface area contributed by atoms with Crippen molar-refractivity contribution >= 4 is 0 Å². The molecule has 4 rings (SSSR count). The Morgan fingerprint density at radius 2 is 1.19 bits per heavy atom. The van der Waals surface area contributed by atoms with Gasteiger partial charge in [0.1, 0.15) is 34.5 Å². The first-order valence-corrected chi connectivity index (χ1v) is 11.5. The topological polar surface area (TPSA) is 27.7 Å². The van der Waals surface area contributed by atoms with Crippen LogP contribution in [0.2, 0.25) is 0 Å². The minimum atomic E-state index is -4.73. The molecule has 42 heavy (non-hydrogen) atoms. The maximum absolute atomic E-state index is 14.7. The molecule has 0 amide bonds. The molecule has 0 N–H and O–H groups in total. The Kier molecular flexibility index (Phi) is 8.28. The summed E-state index contributed by atoms with van der Waals surface area (Å²) in [6, 6.07) is 6.26. The standard InChI is InChI=1S/C28H15F11O3/c1-13-2-4-17(18(29)6-13)14-7-20(31)25(21(32)8-14)28(38,39)42-15-3-5-24(19(30)9-15)40-12-27(36,37)41-16-10-22(33)26(35)23(34)11-16/h2-11H,12H2,1H3. The van der Waals surface area contributed by atoms with E-state index >= 15 is 0 Å². The summed E-state index contributed by atoms with van der Waals surface area (Å²) in [6.45, 7) is -0.200. The van der Waals surface area contributed by atoms with Crippen molar-refractivity contribution in [3.05, 3.63) is 113 Å². The molecule has 0 aliphatic rings. The average molecular weight is 608 g/mol. The number of aryl methyl sites for hydroxylation is 1. The Labute approximate surface area is 229 Å². The van der Waals surface area contributed by atoms with E-state index in [9.17, 15) is 48.3 Å². The fraction of sp³-hybridized carbons (Fsp3) is 0.143. The molecule has 14 heteroatoms. The van der Waals surface area contributed by atoms with Gasteiger partial charge in [0.15, 0.2) is 35.6 Å². The minimum Gasteiger partial charge on any atom is -0.480 e. The van der Waals surface area contributed by atoms with Crippen LogP contribution >= 0.6 is 0 Å². The molecular weight excluding hydrogens is 593 g/mol. The maximum atomic E-state index is 14.7. The van der Waals surface area contributed by atoms with E-state index in [1.54, 1.807) is 6.92 Å². The van der Waals surface area contributed by atoms with Crippen LogP contribution in [-0.4, -0.2) is 12.7 Å². The zero-order chi connectivity index (χ0) is 31.0. The fourth-order valence-corrected chi connectivity index (χ4v) is 3.68. The van der Waals surface area contributed by atoms with Gasteiger partial charge in [-0.25, -0.2) is 30.7 Å². The lowest BCUT2D eigenvalue weighted by Crippen LogP contribution is -2.32. The molecule has 0 fully saturated rings. The van der Waals surface area contributed by atoms with Gasteiger partial charge < -0.3 is 14.2 Å². The largest absolute Gasteiger partial charge is 0.480 e. The summed E-state index contributed by atoms with van der Waals surface area (Å²) in [5, 5.41) is 0. The van der Waals surface area contributed by atoms with E-state index in [1.807, 2.05) is 0 Å². The van der Waals surface area contributed by atoms with Crippen molar-refractivity contribution < 1.29 is 62.5 Å². The van der Waals surface area contributed by atoms with E-state index < -0.39 is 82.4 Å². The molecule has 222 valence electrons. The average Bonchev–Trinajstić information content (AvgIpc) is 2.85. The van der Waals surface area contributed by atoms with Crippen LogP contribution in [0.4, 0.5) is 48.3 Å². The molecule has 0 heterocycles. The summed E-state index contributed by atoms with van der Waals surface area (Å²) in [7, 11) is 0. The van der Waals surface area contributed by atoms with Crippen molar-refractivity contribution in [2.45, 2.75) is 19.1 Å². The van der Waals surface area contributed by atoms with Crippen molar-refractivity contribution in [3.63, 3.8) is 0 Å². The van der Waals surface area contributed by atoms with E-state index in [0.717, 1.165) is 6.07 Å². The summed E-state index contributed by atoms with van der Waals surface area (Å²) < 4.78 is 168. The number of hydrogen-bond donors (Lipinski definition) is 0. The van der Waals surface area contributed by atoms with Crippen LogP contribution in [0.25, 0.3) is 11.1 Å². The van der Waals surface area contributed by atoms with Crippen molar-refractivity contribution in [1.82, 2.24) is 0 Å². The maximum Gasteiger partial charge on any atom is 0.433 e. The number of alkyl halides is 4. The van der Waals surface area contributed by atoms with Gasteiger partial charge in [-0.2, -0.15) is 17.6 Å². The minimum absolute atomic E-state index is 0.124. The van der Waals surface area contributed by atoms with Crippen LogP contribution in [0.1, 0.15) is 11.1 Å². The van der Waals surface area contributed by atoms with E-state index in [-0.39, 0.29) is 29.3 Å². The Balaban J connectivity index is 1.47. The molecule has 0 aromatic heterocycles. The van der Waals surface area contributed by atoms with Crippen molar-refractivity contribution in [1.29, 1.82) is 0 Å². The van der Waals surface area contributed by atoms with Crippen LogP contribution in [0, 0.1) is 47.6 Å². The van der Waals surface area contributed by atoms with E-state index in [4.69, 9.17) is 0 Å². The first-order chi connectivity index (χ1) is 19.6. The van der Waals surface area contributed by atoms with Gasteiger partial charge in [-0.3, -0.25) is 0 Å². The normalized spacial score (nSPS) is 11.9. The van der Waals surface area contributed by atoms with Crippen LogP contribution in [0.3, 0.4) is 0 Å². The van der Waals surface area contributed by atoms with Crippen LogP contribution < -0.4 is 14.2 Å². The summed E-state index contributed by atoms with van der Waals surface area (Å²) in [5.41, 5.74) is -2.02. The Morgan fingerprint density at radius 3 is 1.76 bits per heavy atom. The predicted molar refractivity (Wildman–Crippen MR) is 125 cm³/mol. The third-order valence-electron chi connectivity index (χ3n) is 5.54. The molecule has 0 aliphatic heterocycles. The third kappa shape index (κ3) is 6.69. The number of halogens is 11. The lowest BCUT2D eigenvalue weighted by molar-refractivity contribution is -0.196. The quantitative estimate of drug-likeness (QED) is 0.140. The highest BCUT2D eigenvalue weighted by Crippen LogP contribution is 2.38. The number of ether oxygens (including phenoxy) is 3. The summed E-state index contributed by atoms with van der Waals surface area (Å²) in [5.74, 6) is -14.7. The van der Waals surface area contributed by atoms with Gasteiger partial charge in [0.25, 0.3) is 0 Å². The number of hydrogen-bond acceptors (Lipinski definition) is 3. The molecule has 0 atom stereocenters. The van der Waals surface area contributed by atoms with Gasteiger partial charge in [0, 0.05) is 23.8 Å². The lowest BCUT2D eigenvalue weighted by atomic mass is 10.0. The Morgan fingerprint density at radius 1 is 0.595 bits per heavy atom. The SMILES string of the molecule is Cc1ccc(-c2cc(F)c(C(F)(F)Oc3ccc(OCC(F)(F)Oc4cc(F)c(F)c(F)c4)c(F)c3)c(F)c2)c(F)c1. The first-order valence-electron chi connectivity index (χ1n) is 11.5. The Bertz CT molecular complexity index is 1590. The third-order valence-corrected chi connectivity index (χ3v) is 5.54. The molecule has 0 radical (unpaired) electrons. The predicted octanol–water partition coefficient (Wildman–Crippen LogP) is 8.81. The summed E-state index contributed by atoms with van der Waals surface area (Å²) in [6.07, 6.45) is -9.07. The molecule has 0 bridgehead atoms. The Hall–Kier alpha value is -4.49. The van der Waals surface area contributed by atoms with Crippen molar-refractivity contribution in [2.24, 2.45) is 0 Å². The lowest BCUT2D eigenvalue weighted by Gasteiger charge is -2.21. The van der Waals surface area contributed by atoms with Gasteiger partial charge >= 0.3 is 12.2 Å². The molecule has 0 saturated heterocycles. The van der Waals surface area contributed by atoms with E-state index in [2.05, 4.69) is 14.2 Å². The second kappa shape index (κ2) is 11.4. The van der Waals surface area contributed by atoms with E-state index in [1.165, 1.54) is 12.1 Å².